The number of rotatable bonds is 4. The van der Waals surface area contributed by atoms with Crippen LogP contribution in [0.15, 0.2) is 30.3 Å². The number of likely N-dealkylation sites (tertiary alicyclic amines) is 1. The Balaban J connectivity index is 1.51. The van der Waals surface area contributed by atoms with Crippen molar-refractivity contribution in [2.24, 2.45) is 5.92 Å². The topological polar surface area (TPSA) is 58.6 Å². The highest BCUT2D eigenvalue weighted by molar-refractivity contribution is 5.79. The van der Waals surface area contributed by atoms with Gasteiger partial charge in [0.1, 0.15) is 5.60 Å². The number of nitrogens with zero attached hydrogens (tertiary/aromatic N) is 1. The van der Waals surface area contributed by atoms with Gasteiger partial charge < -0.3 is 15.0 Å². The van der Waals surface area contributed by atoms with Crippen molar-refractivity contribution in [1.82, 2.24) is 10.2 Å². The second-order valence-electron chi connectivity index (χ2n) is 9.31. The minimum absolute atomic E-state index is 0.0205. The molecule has 154 valence electrons. The highest BCUT2D eigenvalue weighted by Crippen LogP contribution is 2.40. The van der Waals surface area contributed by atoms with Gasteiger partial charge in [-0.05, 0) is 52.0 Å². The Kier molecular flexibility index (Phi) is 6.31. The molecule has 0 bridgehead atoms. The van der Waals surface area contributed by atoms with Gasteiger partial charge in [0.2, 0.25) is 5.91 Å². The fourth-order valence-electron chi connectivity index (χ4n) is 4.46. The first-order valence-electron chi connectivity index (χ1n) is 10.6. The van der Waals surface area contributed by atoms with Gasteiger partial charge in [0.05, 0.1) is 0 Å². The minimum Gasteiger partial charge on any atom is -0.444 e. The molecular formula is C23H34N2O3. The molecule has 1 aliphatic heterocycles. The van der Waals surface area contributed by atoms with Crippen LogP contribution in [-0.2, 0) is 14.9 Å². The Bertz CT molecular complexity index is 667. The summed E-state index contributed by atoms with van der Waals surface area (Å²) in [5.74, 6) is 0.110. The number of amides is 2. The molecule has 0 radical (unpaired) electrons. The summed E-state index contributed by atoms with van der Waals surface area (Å²) >= 11 is 0. The number of ether oxygens (including phenoxy) is 1. The lowest BCUT2D eigenvalue weighted by molar-refractivity contribution is -0.126. The first-order chi connectivity index (χ1) is 13.3. The van der Waals surface area contributed by atoms with Crippen LogP contribution in [0, 0.1) is 5.92 Å². The first kappa shape index (κ1) is 20.7. The van der Waals surface area contributed by atoms with Crippen LogP contribution >= 0.6 is 0 Å². The predicted molar refractivity (Wildman–Crippen MR) is 110 cm³/mol. The molecule has 5 nitrogen and oxygen atoms in total. The van der Waals surface area contributed by atoms with Crippen LogP contribution in [-0.4, -0.2) is 42.1 Å². The third-order valence-corrected chi connectivity index (χ3v) is 6.07. The molecule has 1 N–H and O–H groups in total. The maximum absolute atomic E-state index is 12.8. The van der Waals surface area contributed by atoms with Crippen molar-refractivity contribution in [2.75, 3.05) is 19.6 Å². The standard InChI is InChI=1S/C23H34N2O3/c1-22(2,3)28-21(27)25-15-11-18(12-16-25)20(26)24-17-23(13-7-8-14-23)19-9-5-4-6-10-19/h4-6,9-10,18H,7-8,11-17H2,1-3H3,(H,24,26). The molecule has 2 amide bonds. The lowest BCUT2D eigenvalue weighted by Gasteiger charge is -2.34. The molecule has 28 heavy (non-hydrogen) atoms. The van der Waals surface area contributed by atoms with E-state index in [0.717, 1.165) is 12.8 Å². The quantitative estimate of drug-likeness (QED) is 0.841. The minimum atomic E-state index is -0.488. The Hall–Kier alpha value is -2.04. The molecule has 1 saturated heterocycles. The molecule has 0 spiro atoms. The molecule has 2 aliphatic rings. The third-order valence-electron chi connectivity index (χ3n) is 6.07. The smallest absolute Gasteiger partial charge is 0.410 e. The van der Waals surface area contributed by atoms with E-state index in [9.17, 15) is 9.59 Å². The number of piperidine rings is 1. The summed E-state index contributed by atoms with van der Waals surface area (Å²) in [5.41, 5.74) is 0.930. The number of hydrogen-bond acceptors (Lipinski definition) is 3. The van der Waals surface area contributed by atoms with Gasteiger partial charge in [0, 0.05) is 31.0 Å². The molecule has 1 aliphatic carbocycles. The van der Waals surface area contributed by atoms with E-state index >= 15 is 0 Å². The Morgan fingerprint density at radius 1 is 1.11 bits per heavy atom. The largest absolute Gasteiger partial charge is 0.444 e. The van der Waals surface area contributed by atoms with Crippen LogP contribution < -0.4 is 5.32 Å². The Morgan fingerprint density at radius 3 is 2.29 bits per heavy atom. The van der Waals surface area contributed by atoms with Crippen LogP contribution in [0.1, 0.15) is 64.9 Å². The summed E-state index contributed by atoms with van der Waals surface area (Å²) in [7, 11) is 0. The Morgan fingerprint density at radius 2 is 1.71 bits per heavy atom. The molecule has 1 heterocycles. The van der Waals surface area contributed by atoms with Gasteiger partial charge in [-0.25, -0.2) is 4.79 Å². The molecule has 3 rings (SSSR count). The fraction of sp³-hybridized carbons (Fsp3) is 0.652. The number of nitrogens with one attached hydrogen (secondary N) is 1. The van der Waals surface area contributed by atoms with Crippen LogP contribution in [0.3, 0.4) is 0 Å². The second-order valence-corrected chi connectivity index (χ2v) is 9.31. The molecule has 1 saturated carbocycles. The molecule has 1 aromatic carbocycles. The van der Waals surface area contributed by atoms with E-state index in [2.05, 4.69) is 29.6 Å². The van der Waals surface area contributed by atoms with E-state index in [1.165, 1.54) is 18.4 Å². The average molecular weight is 387 g/mol. The number of hydrogen-bond donors (Lipinski definition) is 1. The lowest BCUT2D eigenvalue weighted by atomic mass is 9.78. The number of carbonyl (C=O) groups excluding carboxylic acids is 2. The van der Waals surface area contributed by atoms with Crippen LogP contribution in [0.5, 0.6) is 0 Å². The van der Waals surface area contributed by atoms with Crippen molar-refractivity contribution in [3.63, 3.8) is 0 Å². The monoisotopic (exact) mass is 386 g/mol. The van der Waals surface area contributed by atoms with Gasteiger partial charge in [-0.3, -0.25) is 4.79 Å². The second kappa shape index (κ2) is 8.54. The van der Waals surface area contributed by atoms with Crippen molar-refractivity contribution < 1.29 is 14.3 Å². The van der Waals surface area contributed by atoms with Gasteiger partial charge in [0.25, 0.3) is 0 Å². The van der Waals surface area contributed by atoms with E-state index in [-0.39, 0.29) is 23.3 Å². The van der Waals surface area contributed by atoms with E-state index < -0.39 is 5.60 Å². The molecule has 1 aromatic rings. The van der Waals surface area contributed by atoms with Gasteiger partial charge in [0.15, 0.2) is 0 Å². The fourth-order valence-corrected chi connectivity index (χ4v) is 4.46. The third kappa shape index (κ3) is 5.06. The van der Waals surface area contributed by atoms with E-state index in [1.807, 2.05) is 26.8 Å². The molecule has 5 heteroatoms. The van der Waals surface area contributed by atoms with Crippen molar-refractivity contribution in [1.29, 1.82) is 0 Å². The maximum Gasteiger partial charge on any atom is 0.410 e. The summed E-state index contributed by atoms with van der Waals surface area (Å²) < 4.78 is 5.44. The first-order valence-corrected chi connectivity index (χ1v) is 10.6. The summed E-state index contributed by atoms with van der Waals surface area (Å²) in [6.45, 7) is 7.49. The lowest BCUT2D eigenvalue weighted by Crippen LogP contribution is -2.46. The molecule has 0 aromatic heterocycles. The molecule has 2 fully saturated rings. The highest BCUT2D eigenvalue weighted by atomic mass is 16.6. The number of benzene rings is 1. The SMILES string of the molecule is CC(C)(C)OC(=O)N1CCC(C(=O)NCC2(c3ccccc3)CCCC2)CC1. The van der Waals surface area contributed by atoms with Crippen molar-refractivity contribution in [3.8, 4) is 0 Å². The average Bonchev–Trinajstić information content (AvgIpc) is 3.16. The summed E-state index contributed by atoms with van der Waals surface area (Å²) in [5, 5.41) is 3.24. The zero-order valence-corrected chi connectivity index (χ0v) is 17.5. The summed E-state index contributed by atoms with van der Waals surface area (Å²) in [4.78, 5) is 26.7. The normalized spacial score (nSPS) is 20.0. The van der Waals surface area contributed by atoms with Gasteiger partial charge in [-0.1, -0.05) is 43.2 Å². The van der Waals surface area contributed by atoms with Crippen molar-refractivity contribution in [3.05, 3.63) is 35.9 Å². The van der Waals surface area contributed by atoms with E-state index in [1.54, 1.807) is 4.90 Å². The van der Waals surface area contributed by atoms with E-state index in [0.29, 0.717) is 32.5 Å². The van der Waals surface area contributed by atoms with Crippen LogP contribution in [0.25, 0.3) is 0 Å². The zero-order chi connectivity index (χ0) is 20.2. The van der Waals surface area contributed by atoms with E-state index in [4.69, 9.17) is 4.74 Å². The van der Waals surface area contributed by atoms with Gasteiger partial charge >= 0.3 is 6.09 Å². The van der Waals surface area contributed by atoms with Gasteiger partial charge in [-0.2, -0.15) is 0 Å². The van der Waals surface area contributed by atoms with Crippen molar-refractivity contribution >= 4 is 12.0 Å². The summed E-state index contributed by atoms with van der Waals surface area (Å²) in [6, 6.07) is 10.6. The van der Waals surface area contributed by atoms with Crippen LogP contribution in [0.4, 0.5) is 4.79 Å². The Labute approximate surface area is 168 Å². The predicted octanol–water partition coefficient (Wildman–Crippen LogP) is 4.26. The number of carbonyl (C=O) groups is 2. The maximum atomic E-state index is 12.8. The van der Waals surface area contributed by atoms with Gasteiger partial charge in [-0.15, -0.1) is 0 Å². The summed E-state index contributed by atoms with van der Waals surface area (Å²) in [6.07, 6.45) is 5.83. The molecule has 0 unspecified atom stereocenters. The molecule has 0 atom stereocenters. The van der Waals surface area contributed by atoms with Crippen LogP contribution in [0.2, 0.25) is 0 Å². The molecular weight excluding hydrogens is 352 g/mol. The zero-order valence-electron chi connectivity index (χ0n) is 17.5. The highest BCUT2D eigenvalue weighted by Gasteiger charge is 2.37. The van der Waals surface area contributed by atoms with Crippen molar-refractivity contribution in [2.45, 2.75) is 70.3 Å².